The molecular formula is C19H20N4O2S. The minimum Gasteiger partial charge on any atom is -0.353 e. The molecule has 0 bridgehead atoms. The number of aromatic amines is 1. The van der Waals surface area contributed by atoms with Crippen molar-refractivity contribution in [3.8, 4) is 0 Å². The van der Waals surface area contributed by atoms with Crippen molar-refractivity contribution in [2.24, 2.45) is 0 Å². The summed E-state index contributed by atoms with van der Waals surface area (Å²) in [6.45, 7) is 5.04. The van der Waals surface area contributed by atoms with Crippen LogP contribution in [0.1, 0.15) is 18.2 Å². The number of nitrogens with one attached hydrogen (secondary N) is 1. The second-order valence-electron chi connectivity index (χ2n) is 6.37. The van der Waals surface area contributed by atoms with Crippen LogP contribution in [0, 0.1) is 6.92 Å². The fourth-order valence-corrected chi connectivity index (χ4v) is 4.34. The number of para-hydroxylation sites is 1. The number of fused-ring (bicyclic) bond motifs is 2. The van der Waals surface area contributed by atoms with Crippen molar-refractivity contribution in [2.75, 3.05) is 17.2 Å². The Morgan fingerprint density at radius 3 is 2.96 bits per heavy atom. The molecule has 0 radical (unpaired) electrons. The van der Waals surface area contributed by atoms with Crippen LogP contribution in [0.4, 0.5) is 5.69 Å². The summed E-state index contributed by atoms with van der Waals surface area (Å²) in [4.78, 5) is 34.9. The van der Waals surface area contributed by atoms with Gasteiger partial charge in [-0.1, -0.05) is 30.0 Å². The highest BCUT2D eigenvalue weighted by Crippen LogP contribution is 2.28. The highest BCUT2D eigenvalue weighted by Gasteiger charge is 2.24. The molecule has 0 fully saturated rings. The van der Waals surface area contributed by atoms with Crippen LogP contribution in [-0.2, 0) is 17.8 Å². The molecule has 1 N–H and O–H groups in total. The Morgan fingerprint density at radius 2 is 2.15 bits per heavy atom. The van der Waals surface area contributed by atoms with Crippen LogP contribution in [-0.4, -0.2) is 32.7 Å². The van der Waals surface area contributed by atoms with Gasteiger partial charge in [0.2, 0.25) is 5.91 Å². The van der Waals surface area contributed by atoms with Gasteiger partial charge in [0.1, 0.15) is 5.52 Å². The number of aromatic nitrogens is 3. The lowest BCUT2D eigenvalue weighted by Crippen LogP contribution is -2.31. The van der Waals surface area contributed by atoms with Gasteiger partial charge in [0.25, 0.3) is 5.56 Å². The monoisotopic (exact) mass is 368 g/mol. The number of hydrogen-bond donors (Lipinski definition) is 1. The molecule has 4 rings (SSSR count). The predicted molar refractivity (Wildman–Crippen MR) is 104 cm³/mol. The third-order valence-electron chi connectivity index (χ3n) is 4.67. The molecule has 6 nitrogen and oxygen atoms in total. The Hall–Kier alpha value is -2.54. The first-order chi connectivity index (χ1) is 12.6. The van der Waals surface area contributed by atoms with Crippen molar-refractivity contribution in [2.45, 2.75) is 32.0 Å². The summed E-state index contributed by atoms with van der Waals surface area (Å²) < 4.78 is 1.62. The van der Waals surface area contributed by atoms with E-state index in [9.17, 15) is 9.59 Å². The normalized spacial score (nSPS) is 13.4. The molecule has 2 aromatic heterocycles. The zero-order valence-electron chi connectivity index (χ0n) is 14.8. The van der Waals surface area contributed by atoms with E-state index >= 15 is 0 Å². The molecule has 0 spiro atoms. The van der Waals surface area contributed by atoms with Gasteiger partial charge in [-0.25, -0.2) is 4.98 Å². The van der Waals surface area contributed by atoms with Crippen molar-refractivity contribution < 1.29 is 4.79 Å². The summed E-state index contributed by atoms with van der Waals surface area (Å²) in [6.07, 6.45) is 0.888. The smallest absolute Gasteiger partial charge is 0.278 e. The highest BCUT2D eigenvalue weighted by atomic mass is 32.2. The molecule has 1 aliphatic heterocycles. The van der Waals surface area contributed by atoms with Gasteiger partial charge >= 0.3 is 0 Å². The second kappa shape index (κ2) is 6.64. The molecule has 3 aromatic rings. The molecule has 0 unspecified atom stereocenters. The fraction of sp³-hybridized carbons (Fsp3) is 0.316. The maximum absolute atomic E-state index is 12.7. The summed E-state index contributed by atoms with van der Waals surface area (Å²) in [5, 5.41) is 0.588. The maximum Gasteiger partial charge on any atom is 0.278 e. The Balaban J connectivity index is 1.58. The van der Waals surface area contributed by atoms with Crippen LogP contribution in [0.3, 0.4) is 0 Å². The van der Waals surface area contributed by atoms with Crippen LogP contribution in [0.2, 0.25) is 0 Å². The molecular weight excluding hydrogens is 348 g/mol. The van der Waals surface area contributed by atoms with Gasteiger partial charge in [-0.05, 0) is 38.0 Å². The van der Waals surface area contributed by atoms with Crippen LogP contribution in [0.25, 0.3) is 11.0 Å². The number of thioether (sulfide) groups is 1. The molecule has 3 heterocycles. The largest absolute Gasteiger partial charge is 0.353 e. The van der Waals surface area contributed by atoms with E-state index < -0.39 is 0 Å². The standard InChI is InChI=1S/C19H20N4O2S/c1-3-22-18(25)17-14(10-12(2)20-17)21-19(22)26-11-16(24)23-9-8-13-6-4-5-7-15(13)23/h4-7,10,20H,3,8-9,11H2,1-2H3. The van der Waals surface area contributed by atoms with Gasteiger partial charge in [0.15, 0.2) is 5.16 Å². The molecule has 0 aliphatic carbocycles. The van der Waals surface area contributed by atoms with Gasteiger partial charge in [0, 0.05) is 24.5 Å². The molecule has 26 heavy (non-hydrogen) atoms. The van der Waals surface area contributed by atoms with Gasteiger partial charge < -0.3 is 9.88 Å². The van der Waals surface area contributed by atoms with E-state index in [1.165, 1.54) is 17.3 Å². The average Bonchev–Trinajstić information content (AvgIpc) is 3.23. The van der Waals surface area contributed by atoms with E-state index in [-0.39, 0.29) is 17.2 Å². The third kappa shape index (κ3) is 2.82. The summed E-state index contributed by atoms with van der Waals surface area (Å²) in [5.74, 6) is 0.303. The average molecular weight is 368 g/mol. The van der Waals surface area contributed by atoms with Gasteiger partial charge in [-0.3, -0.25) is 14.2 Å². The van der Waals surface area contributed by atoms with E-state index in [0.29, 0.717) is 29.3 Å². The van der Waals surface area contributed by atoms with Crippen LogP contribution in [0.15, 0.2) is 40.3 Å². The number of carbonyl (C=O) groups is 1. The molecule has 7 heteroatoms. The predicted octanol–water partition coefficient (Wildman–Crippen LogP) is 2.73. The number of benzene rings is 1. The van der Waals surface area contributed by atoms with Gasteiger partial charge in [-0.15, -0.1) is 0 Å². The number of rotatable bonds is 4. The number of amides is 1. The third-order valence-corrected chi connectivity index (χ3v) is 5.63. The van der Waals surface area contributed by atoms with E-state index in [2.05, 4.69) is 16.0 Å². The first-order valence-electron chi connectivity index (χ1n) is 8.69. The lowest BCUT2D eigenvalue weighted by Gasteiger charge is -2.17. The van der Waals surface area contributed by atoms with E-state index in [0.717, 1.165) is 17.8 Å². The number of H-pyrrole nitrogens is 1. The van der Waals surface area contributed by atoms with Crippen molar-refractivity contribution in [3.05, 3.63) is 51.9 Å². The molecule has 0 saturated carbocycles. The summed E-state index contributed by atoms with van der Waals surface area (Å²) in [5.41, 5.74) is 4.19. The topological polar surface area (TPSA) is 71.0 Å². The molecule has 1 aromatic carbocycles. The van der Waals surface area contributed by atoms with Crippen molar-refractivity contribution >= 4 is 34.4 Å². The van der Waals surface area contributed by atoms with Crippen LogP contribution < -0.4 is 10.5 Å². The first-order valence-corrected chi connectivity index (χ1v) is 9.68. The quantitative estimate of drug-likeness (QED) is 0.568. The molecule has 1 amide bonds. The highest BCUT2D eigenvalue weighted by molar-refractivity contribution is 7.99. The number of carbonyl (C=O) groups excluding carboxylic acids is 1. The molecule has 1 aliphatic rings. The van der Waals surface area contributed by atoms with E-state index in [1.54, 1.807) is 4.57 Å². The molecule has 134 valence electrons. The molecule has 0 saturated heterocycles. The van der Waals surface area contributed by atoms with E-state index in [4.69, 9.17) is 0 Å². The Labute approximate surface area is 155 Å². The number of hydrogen-bond acceptors (Lipinski definition) is 4. The lowest BCUT2D eigenvalue weighted by molar-refractivity contribution is -0.116. The van der Waals surface area contributed by atoms with Crippen molar-refractivity contribution in [1.82, 2.24) is 14.5 Å². The number of nitrogens with zero attached hydrogens (tertiary/aromatic N) is 3. The van der Waals surface area contributed by atoms with Crippen LogP contribution in [0.5, 0.6) is 0 Å². The first kappa shape index (κ1) is 16.9. The SMILES string of the molecule is CCn1c(SCC(=O)N2CCc3ccccc32)nc2cc(C)[nH]c2c1=O. The Morgan fingerprint density at radius 1 is 1.35 bits per heavy atom. The van der Waals surface area contributed by atoms with Crippen molar-refractivity contribution in [3.63, 3.8) is 0 Å². The van der Waals surface area contributed by atoms with Gasteiger partial charge in [-0.2, -0.15) is 0 Å². The Bertz CT molecular complexity index is 1050. The summed E-state index contributed by atoms with van der Waals surface area (Å²) in [7, 11) is 0. The van der Waals surface area contributed by atoms with Crippen LogP contribution >= 0.6 is 11.8 Å². The van der Waals surface area contributed by atoms with E-state index in [1.807, 2.05) is 43.0 Å². The summed E-state index contributed by atoms with van der Waals surface area (Å²) >= 11 is 1.33. The maximum atomic E-state index is 12.7. The zero-order valence-corrected chi connectivity index (χ0v) is 15.6. The second-order valence-corrected chi connectivity index (χ2v) is 7.31. The van der Waals surface area contributed by atoms with Crippen molar-refractivity contribution in [1.29, 1.82) is 0 Å². The summed E-state index contributed by atoms with van der Waals surface area (Å²) in [6, 6.07) is 9.86. The minimum atomic E-state index is -0.0907. The van der Waals surface area contributed by atoms with Gasteiger partial charge in [0.05, 0.1) is 11.3 Å². The fourth-order valence-electron chi connectivity index (χ4n) is 3.40. The lowest BCUT2D eigenvalue weighted by atomic mass is 10.2. The number of aryl methyl sites for hydroxylation is 1. The minimum absolute atomic E-state index is 0.0437. The number of anilines is 1. The zero-order chi connectivity index (χ0) is 18.3. The Kier molecular flexibility index (Phi) is 4.32. The molecule has 0 atom stereocenters.